The SMILES string of the molecule is CC(=O)c1cccc(OCC(=O)Nc2cnn(C)c2)c1. The molecule has 104 valence electrons. The molecule has 1 amide bonds. The minimum Gasteiger partial charge on any atom is -0.484 e. The average Bonchev–Trinajstić information content (AvgIpc) is 2.82. The molecule has 0 saturated heterocycles. The predicted octanol–water partition coefficient (Wildman–Crippen LogP) is 1.64. The first-order valence-electron chi connectivity index (χ1n) is 6.07. The molecule has 2 aromatic rings. The van der Waals surface area contributed by atoms with Crippen LogP contribution in [0, 0.1) is 0 Å². The van der Waals surface area contributed by atoms with E-state index in [-0.39, 0.29) is 18.3 Å². The van der Waals surface area contributed by atoms with Crippen LogP contribution < -0.4 is 10.1 Å². The van der Waals surface area contributed by atoms with Gasteiger partial charge in [-0.2, -0.15) is 5.10 Å². The van der Waals surface area contributed by atoms with Gasteiger partial charge in [0.2, 0.25) is 0 Å². The maximum absolute atomic E-state index is 11.7. The van der Waals surface area contributed by atoms with Crippen LogP contribution in [-0.2, 0) is 11.8 Å². The molecule has 0 bridgehead atoms. The van der Waals surface area contributed by atoms with Crippen LogP contribution in [0.3, 0.4) is 0 Å². The van der Waals surface area contributed by atoms with E-state index >= 15 is 0 Å². The number of benzene rings is 1. The minimum absolute atomic E-state index is 0.0461. The number of ether oxygens (including phenoxy) is 1. The Morgan fingerprint density at radius 1 is 1.40 bits per heavy atom. The Morgan fingerprint density at radius 3 is 2.85 bits per heavy atom. The standard InChI is InChI=1S/C14H15N3O3/c1-10(18)11-4-3-5-13(6-11)20-9-14(19)16-12-7-15-17(2)8-12/h3-8H,9H2,1-2H3,(H,16,19). The Hall–Kier alpha value is -2.63. The van der Waals surface area contributed by atoms with E-state index in [0.717, 1.165) is 0 Å². The zero-order valence-electron chi connectivity index (χ0n) is 11.3. The molecule has 0 aliphatic rings. The number of ketones is 1. The van der Waals surface area contributed by atoms with Gasteiger partial charge in [-0.15, -0.1) is 0 Å². The van der Waals surface area contributed by atoms with Gasteiger partial charge in [-0.3, -0.25) is 14.3 Å². The first kappa shape index (κ1) is 13.8. The van der Waals surface area contributed by atoms with Crippen molar-refractivity contribution in [2.45, 2.75) is 6.92 Å². The fourth-order valence-electron chi connectivity index (χ4n) is 1.64. The van der Waals surface area contributed by atoms with Crippen molar-refractivity contribution in [3.8, 4) is 5.75 Å². The van der Waals surface area contributed by atoms with Gasteiger partial charge in [0.25, 0.3) is 5.91 Å². The highest BCUT2D eigenvalue weighted by Gasteiger charge is 2.06. The Labute approximate surface area is 116 Å². The summed E-state index contributed by atoms with van der Waals surface area (Å²) in [6.45, 7) is 1.35. The van der Waals surface area contributed by atoms with Gasteiger partial charge in [0.05, 0.1) is 11.9 Å². The zero-order valence-corrected chi connectivity index (χ0v) is 11.3. The van der Waals surface area contributed by atoms with Crippen LogP contribution in [0.4, 0.5) is 5.69 Å². The van der Waals surface area contributed by atoms with Gasteiger partial charge in [0.15, 0.2) is 12.4 Å². The fraction of sp³-hybridized carbons (Fsp3) is 0.214. The van der Waals surface area contributed by atoms with E-state index in [1.54, 1.807) is 48.4 Å². The van der Waals surface area contributed by atoms with Crippen molar-refractivity contribution < 1.29 is 14.3 Å². The second-order valence-corrected chi connectivity index (χ2v) is 4.32. The van der Waals surface area contributed by atoms with Crippen molar-refractivity contribution in [3.63, 3.8) is 0 Å². The maximum atomic E-state index is 11.7. The molecular weight excluding hydrogens is 258 g/mol. The van der Waals surface area contributed by atoms with E-state index in [1.165, 1.54) is 6.92 Å². The molecule has 0 radical (unpaired) electrons. The molecule has 0 unspecified atom stereocenters. The smallest absolute Gasteiger partial charge is 0.262 e. The molecule has 1 N–H and O–H groups in total. The van der Waals surface area contributed by atoms with Crippen LogP contribution in [0.1, 0.15) is 17.3 Å². The van der Waals surface area contributed by atoms with Crippen molar-refractivity contribution in [1.29, 1.82) is 0 Å². The molecule has 0 atom stereocenters. The number of nitrogens with zero attached hydrogens (tertiary/aromatic N) is 2. The lowest BCUT2D eigenvalue weighted by Gasteiger charge is -2.07. The molecule has 0 saturated carbocycles. The molecule has 1 aromatic heterocycles. The van der Waals surface area contributed by atoms with Crippen LogP contribution >= 0.6 is 0 Å². The third-order valence-electron chi connectivity index (χ3n) is 2.60. The molecule has 2 rings (SSSR count). The van der Waals surface area contributed by atoms with Gasteiger partial charge in [-0.25, -0.2) is 0 Å². The number of hydrogen-bond acceptors (Lipinski definition) is 4. The van der Waals surface area contributed by atoms with Gasteiger partial charge in [0.1, 0.15) is 5.75 Å². The van der Waals surface area contributed by atoms with E-state index in [4.69, 9.17) is 4.74 Å². The number of Topliss-reactive ketones (excluding diaryl/α,β-unsaturated/α-hetero) is 1. The molecule has 0 fully saturated rings. The summed E-state index contributed by atoms with van der Waals surface area (Å²) in [5, 5.41) is 6.60. The maximum Gasteiger partial charge on any atom is 0.262 e. The monoisotopic (exact) mass is 273 g/mol. The second kappa shape index (κ2) is 6.01. The Morgan fingerprint density at radius 2 is 2.20 bits per heavy atom. The Balaban J connectivity index is 1.90. The number of nitrogens with one attached hydrogen (secondary N) is 1. The van der Waals surface area contributed by atoms with Crippen LogP contribution in [0.15, 0.2) is 36.7 Å². The number of rotatable bonds is 5. The molecule has 6 nitrogen and oxygen atoms in total. The van der Waals surface area contributed by atoms with Crippen molar-refractivity contribution >= 4 is 17.4 Å². The number of anilines is 1. The number of carbonyl (C=O) groups excluding carboxylic acids is 2. The van der Waals surface area contributed by atoms with Gasteiger partial charge in [-0.05, 0) is 19.1 Å². The summed E-state index contributed by atoms with van der Waals surface area (Å²) in [5.41, 5.74) is 1.16. The summed E-state index contributed by atoms with van der Waals surface area (Å²) in [5.74, 6) is 0.153. The van der Waals surface area contributed by atoms with Crippen LogP contribution in [-0.4, -0.2) is 28.1 Å². The topological polar surface area (TPSA) is 73.2 Å². The van der Waals surface area contributed by atoms with Crippen molar-refractivity contribution in [2.75, 3.05) is 11.9 Å². The molecule has 0 aliphatic heterocycles. The van der Waals surface area contributed by atoms with Gasteiger partial charge < -0.3 is 10.1 Å². The van der Waals surface area contributed by atoms with Crippen LogP contribution in [0.5, 0.6) is 5.75 Å². The van der Waals surface area contributed by atoms with Crippen LogP contribution in [0.2, 0.25) is 0 Å². The highest BCUT2D eigenvalue weighted by molar-refractivity contribution is 5.94. The second-order valence-electron chi connectivity index (χ2n) is 4.32. The van der Waals surface area contributed by atoms with Crippen LogP contribution in [0.25, 0.3) is 0 Å². The predicted molar refractivity (Wildman–Crippen MR) is 73.8 cm³/mol. The van der Waals surface area contributed by atoms with Crippen molar-refractivity contribution in [2.24, 2.45) is 7.05 Å². The first-order valence-corrected chi connectivity index (χ1v) is 6.07. The summed E-state index contributed by atoms with van der Waals surface area (Å²) >= 11 is 0. The quantitative estimate of drug-likeness (QED) is 0.840. The lowest BCUT2D eigenvalue weighted by molar-refractivity contribution is -0.118. The lowest BCUT2D eigenvalue weighted by atomic mass is 10.1. The third-order valence-corrected chi connectivity index (χ3v) is 2.60. The highest BCUT2D eigenvalue weighted by Crippen LogP contribution is 2.13. The third kappa shape index (κ3) is 3.68. The highest BCUT2D eigenvalue weighted by atomic mass is 16.5. The first-order chi connectivity index (χ1) is 9.54. The average molecular weight is 273 g/mol. The largest absolute Gasteiger partial charge is 0.484 e. The number of aryl methyl sites for hydroxylation is 1. The van der Waals surface area contributed by atoms with E-state index in [1.807, 2.05) is 0 Å². The number of carbonyl (C=O) groups is 2. The summed E-state index contributed by atoms with van der Waals surface area (Å²) in [7, 11) is 1.76. The van der Waals surface area contributed by atoms with Gasteiger partial charge in [-0.1, -0.05) is 12.1 Å². The molecule has 6 heteroatoms. The molecule has 1 heterocycles. The van der Waals surface area contributed by atoms with E-state index < -0.39 is 0 Å². The molecular formula is C14H15N3O3. The number of amides is 1. The number of aromatic nitrogens is 2. The molecule has 1 aromatic carbocycles. The Kier molecular flexibility index (Phi) is 4.14. The number of hydrogen-bond donors (Lipinski definition) is 1. The minimum atomic E-state index is -0.286. The lowest BCUT2D eigenvalue weighted by Crippen LogP contribution is -2.19. The zero-order chi connectivity index (χ0) is 14.5. The van der Waals surface area contributed by atoms with E-state index in [2.05, 4.69) is 10.4 Å². The summed E-state index contributed by atoms with van der Waals surface area (Å²) in [6.07, 6.45) is 3.24. The fourth-order valence-corrected chi connectivity index (χ4v) is 1.64. The normalized spacial score (nSPS) is 10.1. The van der Waals surface area contributed by atoms with E-state index in [0.29, 0.717) is 17.0 Å². The summed E-state index contributed by atoms with van der Waals surface area (Å²) in [6, 6.07) is 6.72. The molecule has 20 heavy (non-hydrogen) atoms. The van der Waals surface area contributed by atoms with Gasteiger partial charge in [0, 0.05) is 18.8 Å². The molecule has 0 aliphatic carbocycles. The van der Waals surface area contributed by atoms with Gasteiger partial charge >= 0.3 is 0 Å². The molecule has 0 spiro atoms. The Bertz CT molecular complexity index is 634. The van der Waals surface area contributed by atoms with E-state index in [9.17, 15) is 9.59 Å². The van der Waals surface area contributed by atoms with Crippen molar-refractivity contribution in [1.82, 2.24) is 9.78 Å². The van der Waals surface area contributed by atoms with Crippen molar-refractivity contribution in [3.05, 3.63) is 42.2 Å². The summed E-state index contributed by atoms with van der Waals surface area (Å²) in [4.78, 5) is 22.9. The summed E-state index contributed by atoms with van der Waals surface area (Å²) < 4.78 is 6.94.